The van der Waals surface area contributed by atoms with E-state index in [9.17, 15) is 9.59 Å². The molecule has 0 saturated carbocycles. The molecule has 1 N–H and O–H groups in total. The molecule has 0 atom stereocenters. The summed E-state index contributed by atoms with van der Waals surface area (Å²) in [6.45, 7) is 0. The van der Waals surface area contributed by atoms with Gasteiger partial charge in [-0.05, 0) is 0 Å². The van der Waals surface area contributed by atoms with Gasteiger partial charge in [0.25, 0.3) is 0 Å². The lowest BCUT2D eigenvalue weighted by atomic mass is 10.3. The number of H-pyrrole nitrogens is 1. The van der Waals surface area contributed by atoms with Gasteiger partial charge >= 0.3 is 0 Å². The quantitative estimate of drug-likeness (QED) is 0.485. The minimum Gasteiger partial charge on any atom is -0.351 e. The molecule has 0 saturated heterocycles. The van der Waals surface area contributed by atoms with Gasteiger partial charge in [0, 0.05) is 12.3 Å². The molecule has 0 aliphatic carbocycles. The summed E-state index contributed by atoms with van der Waals surface area (Å²) in [7, 11) is 0. The second-order valence-corrected chi connectivity index (χ2v) is 2.13. The highest BCUT2D eigenvalue weighted by Crippen LogP contribution is 1.97. The van der Waals surface area contributed by atoms with E-state index in [0.717, 1.165) is 6.07 Å². The number of aldehydes is 1. The van der Waals surface area contributed by atoms with Gasteiger partial charge in [-0.25, -0.2) is 0 Å². The van der Waals surface area contributed by atoms with Crippen LogP contribution in [0.5, 0.6) is 0 Å². The largest absolute Gasteiger partial charge is 0.351 e. The predicted molar refractivity (Wildman–Crippen MR) is 37.5 cm³/mol. The van der Waals surface area contributed by atoms with Crippen LogP contribution in [-0.4, -0.2) is 11.3 Å². The summed E-state index contributed by atoms with van der Waals surface area (Å²) >= 11 is 5.40. The normalized spacial score (nSPS) is 9.30. The molecule has 1 rings (SSSR count). The van der Waals surface area contributed by atoms with Crippen LogP contribution in [0.25, 0.3) is 0 Å². The highest BCUT2D eigenvalue weighted by molar-refractivity contribution is 6.29. The molecule has 0 amide bonds. The number of halogens is 1. The average molecular weight is 158 g/mol. The number of aromatic nitrogens is 1. The van der Waals surface area contributed by atoms with Crippen molar-refractivity contribution >= 4 is 17.9 Å². The molecule has 0 aromatic carbocycles. The molecule has 3 nitrogen and oxygen atoms in total. The Morgan fingerprint density at radius 2 is 2.30 bits per heavy atom. The number of hydrogen-bond acceptors (Lipinski definition) is 2. The van der Waals surface area contributed by atoms with Crippen LogP contribution in [0, 0.1) is 0 Å². The smallest absolute Gasteiger partial charge is 0.193 e. The number of aromatic amines is 1. The minimum atomic E-state index is -0.362. The maximum absolute atomic E-state index is 10.7. The molecule has 0 unspecified atom stereocenters. The third-order valence-electron chi connectivity index (χ3n) is 1.03. The van der Waals surface area contributed by atoms with Crippen LogP contribution in [0.1, 0.15) is 10.4 Å². The molecule has 1 heterocycles. The molecule has 0 aliphatic heterocycles. The summed E-state index contributed by atoms with van der Waals surface area (Å²) in [5.74, 6) is 0. The summed E-state index contributed by atoms with van der Waals surface area (Å²) < 4.78 is 0. The van der Waals surface area contributed by atoms with Crippen molar-refractivity contribution in [1.29, 1.82) is 0 Å². The number of nitrogens with one attached hydrogen (secondary N) is 1. The lowest BCUT2D eigenvalue weighted by Gasteiger charge is -1.88. The van der Waals surface area contributed by atoms with Crippen molar-refractivity contribution in [2.45, 2.75) is 0 Å². The van der Waals surface area contributed by atoms with Gasteiger partial charge in [-0.1, -0.05) is 11.6 Å². The summed E-state index contributed by atoms with van der Waals surface area (Å²) in [4.78, 5) is 23.3. The molecule has 10 heavy (non-hydrogen) atoms. The van der Waals surface area contributed by atoms with E-state index in [1.165, 1.54) is 6.20 Å². The van der Waals surface area contributed by atoms with Gasteiger partial charge in [0.1, 0.15) is 5.15 Å². The van der Waals surface area contributed by atoms with Gasteiger partial charge < -0.3 is 4.98 Å². The zero-order valence-electron chi connectivity index (χ0n) is 4.93. The van der Waals surface area contributed by atoms with Gasteiger partial charge in [-0.3, -0.25) is 9.59 Å². The Labute approximate surface area is 61.6 Å². The van der Waals surface area contributed by atoms with Gasteiger partial charge in [0.15, 0.2) is 11.7 Å². The molecule has 52 valence electrons. The Kier molecular flexibility index (Phi) is 1.87. The standard InChI is InChI=1S/C6H4ClNO2/c7-6-1-5(10)4(3-9)2-8-6/h1-3H,(H,8,10). The van der Waals surface area contributed by atoms with Crippen LogP contribution >= 0.6 is 11.6 Å². The lowest BCUT2D eigenvalue weighted by Crippen LogP contribution is -2.06. The molecular weight excluding hydrogens is 154 g/mol. The van der Waals surface area contributed by atoms with Crippen LogP contribution in [0.3, 0.4) is 0 Å². The van der Waals surface area contributed by atoms with Crippen LogP contribution in [0.15, 0.2) is 17.1 Å². The number of pyridine rings is 1. The van der Waals surface area contributed by atoms with Gasteiger partial charge in [0.05, 0.1) is 5.56 Å². The van der Waals surface area contributed by atoms with Crippen LogP contribution in [0.4, 0.5) is 0 Å². The molecule has 0 aliphatic rings. The minimum absolute atomic E-state index is 0.0874. The van der Waals surface area contributed by atoms with E-state index in [-0.39, 0.29) is 16.1 Å². The first kappa shape index (κ1) is 7.02. The Hall–Kier alpha value is -1.09. The number of rotatable bonds is 1. The van der Waals surface area contributed by atoms with Crippen LogP contribution < -0.4 is 5.43 Å². The molecule has 1 aromatic heterocycles. The van der Waals surface area contributed by atoms with Crippen molar-refractivity contribution in [3.63, 3.8) is 0 Å². The third kappa shape index (κ3) is 1.25. The topological polar surface area (TPSA) is 49.9 Å². The Balaban J connectivity index is 3.33. The zero-order chi connectivity index (χ0) is 7.56. The van der Waals surface area contributed by atoms with Crippen molar-refractivity contribution in [2.75, 3.05) is 0 Å². The fraction of sp³-hybridized carbons (Fsp3) is 0. The summed E-state index contributed by atoms with van der Waals surface area (Å²) in [5.41, 5.74) is -0.275. The predicted octanol–water partition coefficient (Wildman–Crippen LogP) is 0.841. The molecule has 0 spiro atoms. The fourth-order valence-corrected chi connectivity index (χ4v) is 0.704. The Bertz CT molecular complexity index is 305. The van der Waals surface area contributed by atoms with E-state index in [1.807, 2.05) is 0 Å². The van der Waals surface area contributed by atoms with Crippen molar-refractivity contribution in [3.8, 4) is 0 Å². The van der Waals surface area contributed by atoms with Crippen molar-refractivity contribution in [1.82, 2.24) is 4.98 Å². The average Bonchev–Trinajstić information content (AvgIpc) is 1.88. The summed E-state index contributed by atoms with van der Waals surface area (Å²) in [6, 6.07) is 1.16. The van der Waals surface area contributed by atoms with E-state index >= 15 is 0 Å². The van der Waals surface area contributed by atoms with Crippen molar-refractivity contribution in [2.24, 2.45) is 0 Å². The summed E-state index contributed by atoms with van der Waals surface area (Å²) in [5, 5.41) is 0.232. The molecular formula is C6H4ClNO2. The van der Waals surface area contributed by atoms with Gasteiger partial charge in [0.2, 0.25) is 0 Å². The van der Waals surface area contributed by atoms with Crippen molar-refractivity contribution in [3.05, 3.63) is 33.2 Å². The molecule has 0 fully saturated rings. The second-order valence-electron chi connectivity index (χ2n) is 1.72. The number of carbonyl (C=O) groups is 1. The van der Waals surface area contributed by atoms with E-state index in [1.54, 1.807) is 0 Å². The molecule has 1 aromatic rings. The number of hydrogen-bond donors (Lipinski definition) is 1. The second kappa shape index (κ2) is 2.66. The van der Waals surface area contributed by atoms with E-state index in [0.29, 0.717) is 6.29 Å². The lowest BCUT2D eigenvalue weighted by molar-refractivity contribution is 0.112. The first-order valence-electron chi connectivity index (χ1n) is 2.57. The fourth-order valence-electron chi connectivity index (χ4n) is 0.550. The summed E-state index contributed by atoms with van der Waals surface area (Å²) in [6.07, 6.45) is 1.76. The van der Waals surface area contributed by atoms with Crippen LogP contribution in [0.2, 0.25) is 5.15 Å². The zero-order valence-corrected chi connectivity index (χ0v) is 5.68. The SMILES string of the molecule is O=Cc1c[nH]c(Cl)cc1=O. The molecule has 0 radical (unpaired) electrons. The van der Waals surface area contributed by atoms with E-state index < -0.39 is 0 Å². The van der Waals surface area contributed by atoms with Gasteiger partial charge in [-0.2, -0.15) is 0 Å². The van der Waals surface area contributed by atoms with Gasteiger partial charge in [-0.15, -0.1) is 0 Å². The van der Waals surface area contributed by atoms with E-state index in [2.05, 4.69) is 4.98 Å². The Morgan fingerprint density at radius 3 is 2.80 bits per heavy atom. The molecule has 0 bridgehead atoms. The first-order valence-corrected chi connectivity index (χ1v) is 2.95. The van der Waals surface area contributed by atoms with Crippen LogP contribution in [-0.2, 0) is 0 Å². The first-order chi connectivity index (χ1) is 4.74. The monoisotopic (exact) mass is 157 g/mol. The Morgan fingerprint density at radius 1 is 1.60 bits per heavy atom. The third-order valence-corrected chi connectivity index (χ3v) is 1.25. The molecule has 4 heteroatoms. The van der Waals surface area contributed by atoms with E-state index in [4.69, 9.17) is 11.6 Å². The maximum Gasteiger partial charge on any atom is 0.193 e. The highest BCUT2D eigenvalue weighted by Gasteiger charge is 1.95. The highest BCUT2D eigenvalue weighted by atomic mass is 35.5. The number of carbonyl (C=O) groups excluding carboxylic acids is 1. The van der Waals surface area contributed by atoms with Crippen molar-refractivity contribution < 1.29 is 4.79 Å². The maximum atomic E-state index is 10.7.